The molecule has 2 aromatic rings. The monoisotopic (exact) mass is 367 g/mol. The molecule has 0 radical (unpaired) electrons. The molecule has 0 aliphatic carbocycles. The lowest BCUT2D eigenvalue weighted by Gasteiger charge is -2.34. The Morgan fingerprint density at radius 1 is 1.24 bits per heavy atom. The highest BCUT2D eigenvalue weighted by atomic mass is 32.2. The fraction of sp³-hybridized carbons (Fsp3) is 0.312. The number of nitrogens with zero attached hydrogens (tertiary/aromatic N) is 3. The maximum atomic E-state index is 12.5. The van der Waals surface area contributed by atoms with Gasteiger partial charge >= 0.3 is 6.61 Å². The highest BCUT2D eigenvalue weighted by molar-refractivity contribution is 7.98. The van der Waals surface area contributed by atoms with Crippen molar-refractivity contribution < 1.29 is 23.0 Å². The molecule has 0 unspecified atom stereocenters. The summed E-state index contributed by atoms with van der Waals surface area (Å²) in [6.45, 7) is -2.36. The number of hydrogen-bond acceptors (Lipinski definition) is 6. The summed E-state index contributed by atoms with van der Waals surface area (Å²) in [6.07, 6.45) is 1.93. The Kier molecular flexibility index (Phi) is 3.95. The predicted octanol–water partition coefficient (Wildman–Crippen LogP) is 3.36. The molecule has 2 aliphatic heterocycles. The van der Waals surface area contributed by atoms with E-state index in [9.17, 15) is 8.78 Å². The quantitative estimate of drug-likeness (QED) is 0.826. The van der Waals surface area contributed by atoms with E-state index in [0.717, 1.165) is 17.2 Å². The van der Waals surface area contributed by atoms with E-state index < -0.39 is 6.61 Å². The molecule has 2 aliphatic rings. The van der Waals surface area contributed by atoms with Gasteiger partial charge in [-0.15, -0.1) is 0 Å². The minimum absolute atomic E-state index is 0.116. The third-order valence-corrected chi connectivity index (χ3v) is 5.11. The highest BCUT2D eigenvalue weighted by Gasteiger charge is 2.31. The van der Waals surface area contributed by atoms with Gasteiger partial charge in [0.15, 0.2) is 11.5 Å². The Morgan fingerprint density at radius 2 is 2.08 bits per heavy atom. The number of rotatable bonds is 4. The maximum Gasteiger partial charge on any atom is 0.387 e. The molecule has 4 rings (SSSR count). The van der Waals surface area contributed by atoms with Gasteiger partial charge in [0.05, 0.1) is 37.6 Å². The second kappa shape index (κ2) is 6.14. The van der Waals surface area contributed by atoms with E-state index in [1.807, 2.05) is 14.9 Å². The van der Waals surface area contributed by atoms with Crippen LogP contribution in [0, 0.1) is 0 Å². The molecule has 0 saturated heterocycles. The first-order chi connectivity index (χ1) is 12.1. The summed E-state index contributed by atoms with van der Waals surface area (Å²) in [4.78, 5) is 6.68. The SMILES string of the molecule is COC1=C(OC)CN2C(=C1)CSn1c2nc2ccc(OC(F)F)cc21. The van der Waals surface area contributed by atoms with Crippen molar-refractivity contribution in [2.24, 2.45) is 0 Å². The van der Waals surface area contributed by atoms with E-state index in [1.54, 1.807) is 38.3 Å². The van der Waals surface area contributed by atoms with Gasteiger partial charge in [0.2, 0.25) is 5.95 Å². The molecule has 0 N–H and O–H groups in total. The van der Waals surface area contributed by atoms with Crippen molar-refractivity contribution >= 4 is 28.9 Å². The van der Waals surface area contributed by atoms with Gasteiger partial charge < -0.3 is 19.1 Å². The largest absolute Gasteiger partial charge is 0.495 e. The van der Waals surface area contributed by atoms with Crippen LogP contribution in [0.4, 0.5) is 14.7 Å². The molecular weight excluding hydrogens is 352 g/mol. The van der Waals surface area contributed by atoms with Crippen LogP contribution in [0.25, 0.3) is 11.0 Å². The zero-order valence-corrected chi connectivity index (χ0v) is 14.3. The van der Waals surface area contributed by atoms with Gasteiger partial charge in [-0.05, 0) is 24.1 Å². The van der Waals surface area contributed by atoms with Crippen LogP contribution in [0.15, 0.2) is 41.5 Å². The van der Waals surface area contributed by atoms with Crippen LogP contribution < -0.4 is 9.64 Å². The van der Waals surface area contributed by atoms with E-state index in [-0.39, 0.29) is 5.75 Å². The summed E-state index contributed by atoms with van der Waals surface area (Å²) >= 11 is 1.54. The van der Waals surface area contributed by atoms with Crippen LogP contribution in [0.2, 0.25) is 0 Å². The molecule has 0 spiro atoms. The number of methoxy groups -OCH3 is 2. The summed E-state index contributed by atoms with van der Waals surface area (Å²) in [7, 11) is 3.21. The third kappa shape index (κ3) is 2.68. The molecule has 1 aromatic heterocycles. The summed E-state index contributed by atoms with van der Waals surface area (Å²) < 4.78 is 42.1. The van der Waals surface area contributed by atoms with Gasteiger partial charge in [-0.3, -0.25) is 3.97 Å². The van der Waals surface area contributed by atoms with Crippen LogP contribution in [0.5, 0.6) is 5.75 Å². The van der Waals surface area contributed by atoms with Crippen molar-refractivity contribution in [2.45, 2.75) is 6.61 Å². The molecule has 1 aromatic carbocycles. The van der Waals surface area contributed by atoms with Gasteiger partial charge in [0.1, 0.15) is 5.75 Å². The third-order valence-electron chi connectivity index (χ3n) is 4.06. The van der Waals surface area contributed by atoms with E-state index in [2.05, 4.69) is 9.72 Å². The lowest BCUT2D eigenvalue weighted by Crippen LogP contribution is -2.35. The molecule has 0 amide bonds. The number of ether oxygens (including phenoxy) is 3. The molecule has 3 heterocycles. The van der Waals surface area contributed by atoms with Gasteiger partial charge in [-0.2, -0.15) is 8.78 Å². The molecule has 6 nitrogen and oxygen atoms in total. The molecule has 0 fully saturated rings. The molecule has 132 valence electrons. The minimum atomic E-state index is -2.85. The first kappa shape index (κ1) is 16.1. The Bertz CT molecular complexity index is 894. The molecule has 9 heteroatoms. The van der Waals surface area contributed by atoms with Crippen molar-refractivity contribution in [1.82, 2.24) is 8.96 Å². The topological polar surface area (TPSA) is 48.8 Å². The van der Waals surface area contributed by atoms with Crippen molar-refractivity contribution in [3.05, 3.63) is 41.5 Å². The molecule has 0 bridgehead atoms. The molecular formula is C16H15F2N3O3S. The summed E-state index contributed by atoms with van der Waals surface area (Å²) in [5, 5.41) is 0. The van der Waals surface area contributed by atoms with Crippen LogP contribution in [-0.4, -0.2) is 42.1 Å². The van der Waals surface area contributed by atoms with Gasteiger partial charge in [-0.25, -0.2) is 4.98 Å². The van der Waals surface area contributed by atoms with Crippen molar-refractivity contribution in [3.8, 4) is 5.75 Å². The number of aromatic nitrogens is 2. The number of allylic oxidation sites excluding steroid dienone is 1. The van der Waals surface area contributed by atoms with Crippen LogP contribution in [-0.2, 0) is 9.47 Å². The minimum Gasteiger partial charge on any atom is -0.495 e. The Hall–Kier alpha value is -2.42. The first-order valence-corrected chi connectivity index (χ1v) is 8.45. The Balaban J connectivity index is 1.76. The lowest BCUT2D eigenvalue weighted by molar-refractivity contribution is -0.0497. The summed E-state index contributed by atoms with van der Waals surface area (Å²) in [6, 6.07) is 4.76. The zero-order chi connectivity index (χ0) is 17.6. The van der Waals surface area contributed by atoms with Crippen LogP contribution in [0.1, 0.15) is 0 Å². The van der Waals surface area contributed by atoms with E-state index >= 15 is 0 Å². The smallest absolute Gasteiger partial charge is 0.387 e. The number of benzene rings is 1. The van der Waals surface area contributed by atoms with Gasteiger partial charge in [0, 0.05) is 17.8 Å². The van der Waals surface area contributed by atoms with Gasteiger partial charge in [-0.1, -0.05) is 0 Å². The van der Waals surface area contributed by atoms with E-state index in [4.69, 9.17) is 9.47 Å². The molecule has 0 saturated carbocycles. The molecule has 25 heavy (non-hydrogen) atoms. The Morgan fingerprint density at radius 3 is 2.80 bits per heavy atom. The fourth-order valence-electron chi connectivity index (χ4n) is 2.91. The average molecular weight is 367 g/mol. The van der Waals surface area contributed by atoms with Gasteiger partial charge in [0.25, 0.3) is 0 Å². The standard InChI is InChI=1S/C16H15F2N3O3S/c1-22-13-5-9-8-25-21-12-6-10(24-15(17)18)3-4-11(12)19-16(21)20(9)7-14(13)23-2/h3-6,15H,7-8H2,1-2H3. The normalized spacial score (nSPS) is 16.7. The van der Waals surface area contributed by atoms with Crippen molar-refractivity contribution in [2.75, 3.05) is 31.4 Å². The highest BCUT2D eigenvalue weighted by Crippen LogP contribution is 2.39. The van der Waals surface area contributed by atoms with E-state index in [0.29, 0.717) is 29.3 Å². The number of imidazole rings is 1. The number of alkyl halides is 2. The number of fused-ring (bicyclic) bond motifs is 5. The lowest BCUT2D eigenvalue weighted by atomic mass is 10.2. The number of hydrogen-bond donors (Lipinski definition) is 0. The average Bonchev–Trinajstić information content (AvgIpc) is 2.98. The second-order valence-corrected chi connectivity index (χ2v) is 6.34. The number of anilines is 1. The zero-order valence-electron chi connectivity index (χ0n) is 13.5. The van der Waals surface area contributed by atoms with Crippen molar-refractivity contribution in [3.63, 3.8) is 0 Å². The van der Waals surface area contributed by atoms with Crippen LogP contribution in [0.3, 0.4) is 0 Å². The first-order valence-electron chi connectivity index (χ1n) is 7.50. The van der Waals surface area contributed by atoms with E-state index in [1.165, 1.54) is 6.07 Å². The fourth-order valence-corrected chi connectivity index (χ4v) is 3.96. The number of halogens is 2. The van der Waals surface area contributed by atoms with Crippen LogP contribution >= 0.6 is 11.9 Å². The summed E-state index contributed by atoms with van der Waals surface area (Å²) in [5.74, 6) is 2.94. The predicted molar refractivity (Wildman–Crippen MR) is 90.7 cm³/mol. The molecule has 0 atom stereocenters. The summed E-state index contributed by atoms with van der Waals surface area (Å²) in [5.41, 5.74) is 2.50. The Labute approximate surface area is 146 Å². The van der Waals surface area contributed by atoms with Crippen molar-refractivity contribution in [1.29, 1.82) is 0 Å². The maximum absolute atomic E-state index is 12.5. The second-order valence-electron chi connectivity index (χ2n) is 5.43.